The van der Waals surface area contributed by atoms with Gasteiger partial charge in [-0.1, -0.05) is 30.3 Å². The van der Waals surface area contributed by atoms with E-state index in [0.717, 1.165) is 5.56 Å². The number of fused-ring (bicyclic) bond motifs is 1. The summed E-state index contributed by atoms with van der Waals surface area (Å²) in [7, 11) is 0. The normalized spacial score (nSPS) is 24.3. The van der Waals surface area contributed by atoms with Gasteiger partial charge in [0.05, 0.1) is 19.5 Å². The van der Waals surface area contributed by atoms with E-state index < -0.39 is 31.1 Å². The summed E-state index contributed by atoms with van der Waals surface area (Å²) in [6, 6.07) is 9.88. The molecule has 1 aliphatic rings. The van der Waals surface area contributed by atoms with Crippen LogP contribution in [0, 0.1) is 0 Å². The fourth-order valence-corrected chi connectivity index (χ4v) is 3.35. The predicted octanol–water partition coefficient (Wildman–Crippen LogP) is 0.677. The third kappa shape index (κ3) is 4.04. The molecule has 1 aliphatic heterocycles. The second kappa shape index (κ2) is 8.57. The molecule has 4 atom stereocenters. The summed E-state index contributed by atoms with van der Waals surface area (Å²) in [5, 5.41) is 29.5. The van der Waals surface area contributed by atoms with Crippen LogP contribution in [-0.4, -0.2) is 66.4 Å². The van der Waals surface area contributed by atoms with Crippen LogP contribution >= 0.6 is 11.6 Å². The molecular weight excluding hydrogens is 402 g/mol. The highest BCUT2D eigenvalue weighted by Crippen LogP contribution is 2.32. The number of imidazole rings is 1. The molecule has 0 radical (unpaired) electrons. The maximum Gasteiger partial charge on any atom is 0.226 e. The second-order valence-corrected chi connectivity index (χ2v) is 6.92. The van der Waals surface area contributed by atoms with Crippen molar-refractivity contribution >= 4 is 28.6 Å². The van der Waals surface area contributed by atoms with Gasteiger partial charge in [0.2, 0.25) is 5.28 Å². The van der Waals surface area contributed by atoms with Crippen LogP contribution in [0.25, 0.3) is 11.2 Å². The van der Waals surface area contributed by atoms with Crippen LogP contribution in [0.5, 0.6) is 0 Å². The van der Waals surface area contributed by atoms with E-state index in [1.54, 1.807) is 0 Å². The van der Waals surface area contributed by atoms with Gasteiger partial charge in [0.1, 0.15) is 18.3 Å². The lowest BCUT2D eigenvalue weighted by Gasteiger charge is -2.16. The minimum absolute atomic E-state index is 0.0554. The molecule has 0 spiro atoms. The topological polar surface area (TPSA) is 135 Å². The highest BCUT2D eigenvalue weighted by Gasteiger charge is 2.44. The van der Waals surface area contributed by atoms with Crippen LogP contribution in [-0.2, 0) is 16.0 Å². The molecule has 10 nitrogen and oxygen atoms in total. The smallest absolute Gasteiger partial charge is 0.226 e. The van der Waals surface area contributed by atoms with E-state index in [1.807, 2.05) is 30.3 Å². The lowest BCUT2D eigenvalue weighted by Crippen LogP contribution is -2.33. The summed E-state index contributed by atoms with van der Waals surface area (Å²) in [5.74, 6) is 0.263. The molecule has 1 fully saturated rings. The molecule has 154 valence electrons. The maximum atomic E-state index is 10.3. The molecule has 1 saturated heterocycles. The van der Waals surface area contributed by atoms with E-state index in [1.165, 1.54) is 10.9 Å². The number of nitrogens with one attached hydrogen (secondary N) is 1. The molecule has 4 N–H and O–H groups in total. The number of hydrogen-bond donors (Lipinski definition) is 4. The fraction of sp³-hybridized carbons (Fsp3) is 0.389. The molecule has 0 amide bonds. The molecule has 0 aliphatic carbocycles. The number of rotatable bonds is 7. The first-order valence-electron chi connectivity index (χ1n) is 9.02. The number of aliphatic hydroxyl groups excluding tert-OH is 3. The van der Waals surface area contributed by atoms with E-state index in [4.69, 9.17) is 21.2 Å². The number of benzene rings is 1. The number of nitrogens with zero attached hydrogens (tertiary/aromatic N) is 4. The largest absolute Gasteiger partial charge is 0.394 e. The van der Waals surface area contributed by atoms with Gasteiger partial charge in [-0.25, -0.2) is 10.5 Å². The van der Waals surface area contributed by atoms with Gasteiger partial charge in [-0.2, -0.15) is 9.97 Å². The quantitative estimate of drug-likeness (QED) is 0.246. The van der Waals surface area contributed by atoms with E-state index in [-0.39, 0.29) is 16.7 Å². The summed E-state index contributed by atoms with van der Waals surface area (Å²) < 4.78 is 6.96. The predicted molar refractivity (Wildman–Crippen MR) is 103 cm³/mol. The minimum Gasteiger partial charge on any atom is -0.394 e. The van der Waals surface area contributed by atoms with Gasteiger partial charge in [0.15, 0.2) is 23.2 Å². The number of hydrogen-bond acceptors (Lipinski definition) is 9. The van der Waals surface area contributed by atoms with Gasteiger partial charge in [-0.15, -0.1) is 0 Å². The zero-order valence-electron chi connectivity index (χ0n) is 15.2. The van der Waals surface area contributed by atoms with E-state index in [0.29, 0.717) is 18.5 Å². The van der Waals surface area contributed by atoms with Crippen molar-refractivity contribution in [2.24, 2.45) is 0 Å². The van der Waals surface area contributed by atoms with Crippen LogP contribution in [0.4, 0.5) is 5.82 Å². The number of halogens is 1. The first kappa shape index (κ1) is 20.0. The van der Waals surface area contributed by atoms with Crippen LogP contribution in [0.1, 0.15) is 11.8 Å². The van der Waals surface area contributed by atoms with Crippen molar-refractivity contribution in [3.8, 4) is 0 Å². The first-order chi connectivity index (χ1) is 14.1. The Labute approximate surface area is 170 Å². The zero-order valence-corrected chi connectivity index (χ0v) is 16.0. The maximum absolute atomic E-state index is 10.3. The lowest BCUT2D eigenvalue weighted by atomic mass is 10.1. The van der Waals surface area contributed by atoms with Crippen molar-refractivity contribution in [1.82, 2.24) is 19.5 Å². The Morgan fingerprint density at radius 2 is 1.97 bits per heavy atom. The van der Waals surface area contributed by atoms with Crippen LogP contribution in [0.3, 0.4) is 0 Å². The number of anilines is 1. The molecular formula is C18H20ClN5O5. The highest BCUT2D eigenvalue weighted by molar-refractivity contribution is 6.28. The molecule has 2 aromatic heterocycles. The average Bonchev–Trinajstić information content (AvgIpc) is 3.27. The Balaban J connectivity index is 1.51. The van der Waals surface area contributed by atoms with E-state index in [2.05, 4.69) is 20.4 Å². The van der Waals surface area contributed by atoms with Gasteiger partial charge < -0.3 is 20.1 Å². The summed E-state index contributed by atoms with van der Waals surface area (Å²) >= 11 is 6.04. The van der Waals surface area contributed by atoms with Crippen molar-refractivity contribution in [3.05, 3.63) is 47.5 Å². The van der Waals surface area contributed by atoms with Gasteiger partial charge >= 0.3 is 0 Å². The SMILES string of the molecule is OC[C@H]1O[C@@H](n2cnc3c(NOCCc4ccccc4)nc(Cl)nc32)C(O)C1O. The lowest BCUT2D eigenvalue weighted by molar-refractivity contribution is -0.0511. The van der Waals surface area contributed by atoms with Crippen molar-refractivity contribution < 1.29 is 24.9 Å². The molecule has 11 heteroatoms. The van der Waals surface area contributed by atoms with E-state index >= 15 is 0 Å². The monoisotopic (exact) mass is 421 g/mol. The van der Waals surface area contributed by atoms with Gasteiger partial charge in [-0.3, -0.25) is 9.40 Å². The molecule has 3 aromatic rings. The number of aromatic nitrogens is 4. The zero-order chi connectivity index (χ0) is 20.4. The van der Waals surface area contributed by atoms with Crippen molar-refractivity contribution in [1.29, 1.82) is 0 Å². The molecule has 4 rings (SSSR count). The molecule has 0 bridgehead atoms. The summed E-state index contributed by atoms with van der Waals surface area (Å²) in [6.45, 7) is -0.0399. The third-order valence-electron chi connectivity index (χ3n) is 4.69. The Kier molecular flexibility index (Phi) is 5.90. The highest BCUT2D eigenvalue weighted by atomic mass is 35.5. The second-order valence-electron chi connectivity index (χ2n) is 6.58. The van der Waals surface area contributed by atoms with Crippen LogP contribution < -0.4 is 5.48 Å². The van der Waals surface area contributed by atoms with Crippen LogP contribution in [0.2, 0.25) is 5.28 Å². The Bertz CT molecular complexity index is 972. The van der Waals surface area contributed by atoms with Crippen molar-refractivity contribution in [2.45, 2.75) is 31.0 Å². The summed E-state index contributed by atoms with van der Waals surface area (Å²) in [4.78, 5) is 18.0. The molecule has 3 heterocycles. The van der Waals surface area contributed by atoms with Gasteiger partial charge in [-0.05, 0) is 23.6 Å². The van der Waals surface area contributed by atoms with Gasteiger partial charge in [0, 0.05) is 0 Å². The molecule has 2 unspecified atom stereocenters. The molecule has 0 saturated carbocycles. The minimum atomic E-state index is -1.27. The first-order valence-corrected chi connectivity index (χ1v) is 9.40. The molecule has 29 heavy (non-hydrogen) atoms. The number of aliphatic hydroxyl groups is 3. The summed E-state index contributed by atoms with van der Waals surface area (Å²) in [5.41, 5.74) is 4.51. The number of ether oxygens (including phenoxy) is 1. The Hall–Kier alpha value is -2.34. The van der Waals surface area contributed by atoms with E-state index in [9.17, 15) is 15.3 Å². The van der Waals surface area contributed by atoms with Crippen LogP contribution in [0.15, 0.2) is 36.7 Å². The standard InChI is InChI=1S/C18H20ClN5O5/c19-18-21-15(23-28-7-6-10-4-2-1-3-5-10)12-16(22-18)24(9-20-12)17-14(27)13(26)11(8-25)29-17/h1-5,9,11,13-14,17,25-27H,6-8H2,(H,21,22,23)/t11-,13?,14?,17-/m1/s1. The molecule has 1 aromatic carbocycles. The average molecular weight is 422 g/mol. The fourth-order valence-electron chi connectivity index (χ4n) is 3.19. The van der Waals surface area contributed by atoms with Gasteiger partial charge in [0.25, 0.3) is 0 Å². The summed E-state index contributed by atoms with van der Waals surface area (Å²) in [6.07, 6.45) is -2.30. The Morgan fingerprint density at radius 1 is 1.17 bits per heavy atom. The van der Waals surface area contributed by atoms with Crippen molar-refractivity contribution in [2.75, 3.05) is 18.7 Å². The Morgan fingerprint density at radius 3 is 2.69 bits per heavy atom. The third-order valence-corrected chi connectivity index (χ3v) is 4.86. The van der Waals surface area contributed by atoms with Crippen molar-refractivity contribution in [3.63, 3.8) is 0 Å².